The summed E-state index contributed by atoms with van der Waals surface area (Å²) in [5, 5.41) is 10.2. The second-order valence-electron chi connectivity index (χ2n) is 4.22. The summed E-state index contributed by atoms with van der Waals surface area (Å²) in [7, 11) is 0. The summed E-state index contributed by atoms with van der Waals surface area (Å²) in [5.74, 6) is 1.39. The van der Waals surface area contributed by atoms with Gasteiger partial charge in [0.15, 0.2) is 0 Å². The minimum Gasteiger partial charge on any atom is -0.464 e. The molecule has 2 atom stereocenters. The van der Waals surface area contributed by atoms with E-state index in [4.69, 9.17) is 14.9 Å². The van der Waals surface area contributed by atoms with Gasteiger partial charge in [-0.2, -0.15) is 0 Å². The van der Waals surface area contributed by atoms with E-state index in [2.05, 4.69) is 0 Å². The van der Waals surface area contributed by atoms with Crippen LogP contribution in [0.4, 0.5) is 0 Å². The molecule has 0 bridgehead atoms. The molecule has 84 valence electrons. The van der Waals surface area contributed by atoms with Gasteiger partial charge in [0.25, 0.3) is 0 Å². The summed E-state index contributed by atoms with van der Waals surface area (Å²) in [6, 6.07) is 3.65. The SMILES string of the molecule is Cc1ccc(C(O)C2(CN)CCOC2)o1. The van der Waals surface area contributed by atoms with Gasteiger partial charge >= 0.3 is 0 Å². The van der Waals surface area contributed by atoms with Crippen LogP contribution in [-0.2, 0) is 4.74 Å². The molecule has 2 rings (SSSR count). The van der Waals surface area contributed by atoms with Crippen molar-refractivity contribution in [3.8, 4) is 0 Å². The number of ether oxygens (including phenoxy) is 1. The van der Waals surface area contributed by atoms with Crippen molar-refractivity contribution in [3.05, 3.63) is 23.7 Å². The maximum absolute atomic E-state index is 10.2. The third-order valence-electron chi connectivity index (χ3n) is 3.15. The van der Waals surface area contributed by atoms with Gasteiger partial charge in [0.2, 0.25) is 0 Å². The standard InChI is InChI=1S/C11H17NO3/c1-8-2-3-9(15-8)10(13)11(6-12)4-5-14-7-11/h2-3,10,13H,4-7,12H2,1H3. The molecule has 3 N–H and O–H groups in total. The van der Waals surface area contributed by atoms with Crippen molar-refractivity contribution in [1.82, 2.24) is 0 Å². The van der Waals surface area contributed by atoms with E-state index in [1.165, 1.54) is 0 Å². The molecule has 0 saturated carbocycles. The van der Waals surface area contributed by atoms with E-state index in [0.29, 0.717) is 25.5 Å². The minimum atomic E-state index is -0.668. The third kappa shape index (κ3) is 1.80. The van der Waals surface area contributed by atoms with Gasteiger partial charge in [0.1, 0.15) is 17.6 Å². The maximum atomic E-state index is 10.2. The zero-order valence-corrected chi connectivity index (χ0v) is 8.90. The van der Waals surface area contributed by atoms with Crippen LogP contribution in [0.2, 0.25) is 0 Å². The molecule has 1 aromatic rings. The van der Waals surface area contributed by atoms with Gasteiger partial charge < -0.3 is 20.0 Å². The van der Waals surface area contributed by atoms with Crippen LogP contribution in [-0.4, -0.2) is 24.9 Å². The van der Waals surface area contributed by atoms with Crippen LogP contribution >= 0.6 is 0 Å². The molecular weight excluding hydrogens is 194 g/mol. The van der Waals surface area contributed by atoms with Crippen molar-refractivity contribution in [1.29, 1.82) is 0 Å². The van der Waals surface area contributed by atoms with Crippen molar-refractivity contribution in [2.75, 3.05) is 19.8 Å². The number of aliphatic hydroxyl groups excluding tert-OH is 1. The fourth-order valence-corrected chi connectivity index (χ4v) is 2.01. The highest BCUT2D eigenvalue weighted by atomic mass is 16.5. The first kappa shape index (κ1) is 10.7. The smallest absolute Gasteiger partial charge is 0.133 e. The maximum Gasteiger partial charge on any atom is 0.133 e. The Morgan fingerprint density at radius 3 is 2.87 bits per heavy atom. The van der Waals surface area contributed by atoms with Crippen molar-refractivity contribution < 1.29 is 14.3 Å². The molecule has 0 radical (unpaired) electrons. The van der Waals surface area contributed by atoms with Crippen molar-refractivity contribution in [2.45, 2.75) is 19.4 Å². The van der Waals surface area contributed by atoms with Gasteiger partial charge in [-0.3, -0.25) is 0 Å². The first-order chi connectivity index (χ1) is 7.18. The predicted molar refractivity (Wildman–Crippen MR) is 55.3 cm³/mol. The molecule has 1 fully saturated rings. The van der Waals surface area contributed by atoms with E-state index in [0.717, 1.165) is 12.2 Å². The van der Waals surface area contributed by atoms with Gasteiger partial charge in [-0.05, 0) is 25.5 Å². The predicted octanol–water partition coefficient (Wildman–Crippen LogP) is 0.987. The van der Waals surface area contributed by atoms with Gasteiger partial charge in [-0.25, -0.2) is 0 Å². The molecule has 0 spiro atoms. The first-order valence-electron chi connectivity index (χ1n) is 5.20. The molecule has 0 aliphatic carbocycles. The van der Waals surface area contributed by atoms with Crippen LogP contribution in [0.5, 0.6) is 0 Å². The highest BCUT2D eigenvalue weighted by molar-refractivity contribution is 5.12. The van der Waals surface area contributed by atoms with E-state index in [1.54, 1.807) is 6.07 Å². The number of hydrogen-bond acceptors (Lipinski definition) is 4. The zero-order valence-electron chi connectivity index (χ0n) is 8.90. The van der Waals surface area contributed by atoms with E-state index in [1.807, 2.05) is 13.0 Å². The summed E-state index contributed by atoms with van der Waals surface area (Å²) in [6.07, 6.45) is 0.114. The molecule has 0 amide bonds. The van der Waals surface area contributed by atoms with E-state index in [9.17, 15) is 5.11 Å². The molecular formula is C11H17NO3. The summed E-state index contributed by atoms with van der Waals surface area (Å²) in [6.45, 7) is 3.43. The Hall–Kier alpha value is -0.840. The number of rotatable bonds is 3. The lowest BCUT2D eigenvalue weighted by molar-refractivity contribution is 0.00432. The van der Waals surface area contributed by atoms with Crippen LogP contribution in [0.15, 0.2) is 16.5 Å². The van der Waals surface area contributed by atoms with Crippen molar-refractivity contribution in [2.24, 2.45) is 11.1 Å². The fourth-order valence-electron chi connectivity index (χ4n) is 2.01. The van der Waals surface area contributed by atoms with E-state index >= 15 is 0 Å². The second kappa shape index (κ2) is 3.96. The number of aryl methyl sites for hydroxylation is 1. The Kier molecular flexibility index (Phi) is 2.82. The molecule has 15 heavy (non-hydrogen) atoms. The average molecular weight is 211 g/mol. The molecule has 1 aromatic heterocycles. The fraction of sp³-hybridized carbons (Fsp3) is 0.636. The topological polar surface area (TPSA) is 68.6 Å². The monoisotopic (exact) mass is 211 g/mol. The summed E-state index contributed by atoms with van der Waals surface area (Å²) >= 11 is 0. The first-order valence-corrected chi connectivity index (χ1v) is 5.20. The van der Waals surface area contributed by atoms with E-state index in [-0.39, 0.29) is 5.41 Å². The summed E-state index contributed by atoms with van der Waals surface area (Å²) in [4.78, 5) is 0. The van der Waals surface area contributed by atoms with Gasteiger partial charge in [-0.15, -0.1) is 0 Å². The number of aliphatic hydroxyl groups is 1. The van der Waals surface area contributed by atoms with E-state index < -0.39 is 6.10 Å². The summed E-state index contributed by atoms with van der Waals surface area (Å²) in [5.41, 5.74) is 5.36. The largest absolute Gasteiger partial charge is 0.464 e. The number of hydrogen-bond donors (Lipinski definition) is 2. The van der Waals surface area contributed by atoms with Gasteiger partial charge in [-0.1, -0.05) is 0 Å². The Morgan fingerprint density at radius 1 is 1.60 bits per heavy atom. The molecule has 4 heteroatoms. The third-order valence-corrected chi connectivity index (χ3v) is 3.15. The Morgan fingerprint density at radius 2 is 2.40 bits per heavy atom. The quantitative estimate of drug-likeness (QED) is 0.782. The number of furan rings is 1. The zero-order chi connectivity index (χ0) is 10.9. The van der Waals surface area contributed by atoms with Crippen molar-refractivity contribution in [3.63, 3.8) is 0 Å². The van der Waals surface area contributed by atoms with Gasteiger partial charge in [0.05, 0.1) is 6.61 Å². The van der Waals surface area contributed by atoms with Crippen LogP contribution in [0, 0.1) is 12.3 Å². The highest BCUT2D eigenvalue weighted by Crippen LogP contribution is 2.40. The molecule has 1 aliphatic rings. The number of nitrogens with two attached hydrogens (primary N) is 1. The molecule has 1 saturated heterocycles. The Balaban J connectivity index is 2.21. The molecule has 2 heterocycles. The Labute approximate surface area is 89.0 Å². The minimum absolute atomic E-state index is 0.371. The normalized spacial score (nSPS) is 28.2. The van der Waals surface area contributed by atoms with Crippen molar-refractivity contribution >= 4 is 0 Å². The summed E-state index contributed by atoms with van der Waals surface area (Å²) < 4.78 is 10.7. The van der Waals surface area contributed by atoms with Gasteiger partial charge in [0, 0.05) is 18.6 Å². The lowest BCUT2D eigenvalue weighted by Gasteiger charge is -2.29. The molecule has 0 aromatic carbocycles. The van der Waals surface area contributed by atoms with Crippen LogP contribution < -0.4 is 5.73 Å². The molecule has 1 aliphatic heterocycles. The van der Waals surface area contributed by atoms with Crippen LogP contribution in [0.1, 0.15) is 24.0 Å². The van der Waals surface area contributed by atoms with Crippen LogP contribution in [0.3, 0.4) is 0 Å². The lowest BCUT2D eigenvalue weighted by Crippen LogP contribution is -2.37. The Bertz CT molecular complexity index is 328. The lowest BCUT2D eigenvalue weighted by atomic mass is 9.80. The highest BCUT2D eigenvalue weighted by Gasteiger charge is 2.42. The molecule has 4 nitrogen and oxygen atoms in total. The second-order valence-corrected chi connectivity index (χ2v) is 4.22. The molecule has 2 unspecified atom stereocenters. The average Bonchev–Trinajstić information content (AvgIpc) is 2.86. The van der Waals surface area contributed by atoms with Crippen LogP contribution in [0.25, 0.3) is 0 Å².